The second kappa shape index (κ2) is 5.91. The van der Waals surface area contributed by atoms with Gasteiger partial charge in [-0.1, -0.05) is 30.0 Å². The first-order chi connectivity index (χ1) is 8.99. The van der Waals surface area contributed by atoms with Crippen molar-refractivity contribution >= 4 is 40.3 Å². The average molecular weight is 389 g/mol. The van der Waals surface area contributed by atoms with Crippen LogP contribution in [0.1, 0.15) is 5.56 Å². The van der Waals surface area contributed by atoms with Gasteiger partial charge in [0, 0.05) is 16.2 Å². The Morgan fingerprint density at radius 2 is 2.26 bits per heavy atom. The maximum absolute atomic E-state index is 10.6. The molecule has 0 fully saturated rings. The number of carbonyl (C=O) groups is 1. The van der Waals surface area contributed by atoms with E-state index in [-0.39, 0.29) is 5.75 Å². The maximum atomic E-state index is 10.6. The topological polar surface area (TPSA) is 68.0 Å². The van der Waals surface area contributed by atoms with Crippen molar-refractivity contribution < 1.29 is 9.90 Å². The zero-order valence-electron chi connectivity index (χ0n) is 10.4. The molecule has 0 saturated carbocycles. The molecule has 0 spiro atoms. The van der Waals surface area contributed by atoms with Gasteiger partial charge in [0.25, 0.3) is 0 Å². The number of hydrogen-bond donors (Lipinski definition) is 1. The number of halogens is 1. The molecule has 0 bridgehead atoms. The van der Waals surface area contributed by atoms with Crippen LogP contribution in [-0.2, 0) is 11.8 Å². The predicted molar refractivity (Wildman–Crippen MR) is 82.3 cm³/mol. The molecule has 5 nitrogen and oxygen atoms in total. The Balaban J connectivity index is 2.34. The highest BCUT2D eigenvalue weighted by Gasteiger charge is 2.14. The van der Waals surface area contributed by atoms with Gasteiger partial charge in [0.15, 0.2) is 11.0 Å². The first-order valence-electron chi connectivity index (χ1n) is 5.50. The molecular weight excluding hydrogens is 377 g/mol. The van der Waals surface area contributed by atoms with Crippen LogP contribution in [0.25, 0.3) is 11.4 Å². The van der Waals surface area contributed by atoms with Gasteiger partial charge in [0.2, 0.25) is 0 Å². The fourth-order valence-corrected chi connectivity index (χ4v) is 2.79. The molecule has 2 aromatic rings. The summed E-state index contributed by atoms with van der Waals surface area (Å²) in [7, 11) is 1.77. The fourth-order valence-electron chi connectivity index (χ4n) is 1.56. The molecule has 0 unspecified atom stereocenters. The van der Waals surface area contributed by atoms with Crippen molar-refractivity contribution in [2.45, 2.75) is 12.1 Å². The summed E-state index contributed by atoms with van der Waals surface area (Å²) in [5.74, 6) is -0.250. The number of nitrogens with zero attached hydrogens (tertiary/aromatic N) is 3. The second-order valence-electron chi connectivity index (χ2n) is 3.96. The van der Waals surface area contributed by atoms with E-state index in [1.54, 1.807) is 11.7 Å². The van der Waals surface area contributed by atoms with Crippen molar-refractivity contribution in [2.24, 2.45) is 7.05 Å². The summed E-state index contributed by atoms with van der Waals surface area (Å²) in [5, 5.41) is 13.6. The van der Waals surface area contributed by atoms with Crippen molar-refractivity contribution in [2.75, 3.05) is 5.75 Å². The van der Waals surface area contributed by atoms with Gasteiger partial charge in [-0.2, -0.15) is 5.10 Å². The van der Waals surface area contributed by atoms with E-state index in [9.17, 15) is 4.79 Å². The molecule has 0 aliphatic heterocycles. The average Bonchev–Trinajstić information content (AvgIpc) is 2.71. The first kappa shape index (κ1) is 14.3. The summed E-state index contributed by atoms with van der Waals surface area (Å²) in [6.45, 7) is 2.04. The lowest BCUT2D eigenvalue weighted by Gasteiger charge is -2.02. The monoisotopic (exact) mass is 389 g/mol. The Morgan fingerprint density at radius 3 is 2.95 bits per heavy atom. The van der Waals surface area contributed by atoms with Gasteiger partial charge in [0.1, 0.15) is 0 Å². The Bertz CT molecular complexity index is 627. The Hall–Kier alpha value is -1.09. The number of hydrogen-bond acceptors (Lipinski definition) is 4. The summed E-state index contributed by atoms with van der Waals surface area (Å²) in [5.41, 5.74) is 2.14. The number of aliphatic carboxylic acids is 1. The maximum Gasteiger partial charge on any atom is 0.313 e. The highest BCUT2D eigenvalue weighted by Crippen LogP contribution is 2.27. The van der Waals surface area contributed by atoms with Crippen molar-refractivity contribution in [1.29, 1.82) is 0 Å². The number of aromatic nitrogens is 3. The molecule has 0 aliphatic carbocycles. The smallest absolute Gasteiger partial charge is 0.313 e. The number of rotatable bonds is 4. The first-order valence-corrected chi connectivity index (χ1v) is 7.56. The molecule has 0 atom stereocenters. The summed E-state index contributed by atoms with van der Waals surface area (Å²) in [4.78, 5) is 15.0. The molecule has 1 aromatic heterocycles. The lowest BCUT2D eigenvalue weighted by Crippen LogP contribution is -2.00. The molecule has 0 aliphatic rings. The SMILES string of the molecule is Cc1cccc(-c2nc(SCC(=O)O)n(C)n2)c1I. The van der Waals surface area contributed by atoms with E-state index in [1.807, 2.05) is 25.1 Å². The van der Waals surface area contributed by atoms with Crippen molar-refractivity contribution in [3.05, 3.63) is 27.3 Å². The molecule has 0 saturated heterocycles. The Morgan fingerprint density at radius 1 is 1.53 bits per heavy atom. The lowest BCUT2D eigenvalue weighted by atomic mass is 10.1. The van der Waals surface area contributed by atoms with Crippen LogP contribution in [0.3, 0.4) is 0 Å². The summed E-state index contributed by atoms with van der Waals surface area (Å²) in [6.07, 6.45) is 0. The van der Waals surface area contributed by atoms with Gasteiger partial charge in [0.05, 0.1) is 5.75 Å². The van der Waals surface area contributed by atoms with Crippen molar-refractivity contribution in [3.8, 4) is 11.4 Å². The summed E-state index contributed by atoms with van der Waals surface area (Å²) >= 11 is 3.44. The van der Waals surface area contributed by atoms with Crippen molar-refractivity contribution in [1.82, 2.24) is 14.8 Å². The van der Waals surface area contributed by atoms with E-state index in [4.69, 9.17) is 5.11 Å². The number of aryl methyl sites for hydroxylation is 2. The lowest BCUT2D eigenvalue weighted by molar-refractivity contribution is -0.133. The van der Waals surface area contributed by atoms with E-state index >= 15 is 0 Å². The van der Waals surface area contributed by atoms with Gasteiger partial charge in [-0.25, -0.2) is 9.67 Å². The summed E-state index contributed by atoms with van der Waals surface area (Å²) in [6, 6.07) is 5.97. The van der Waals surface area contributed by atoms with Crippen LogP contribution in [0.15, 0.2) is 23.4 Å². The molecule has 1 heterocycles. The highest BCUT2D eigenvalue weighted by molar-refractivity contribution is 14.1. The standard InChI is InChI=1S/C12H12IN3O2S/c1-7-4-3-5-8(10(7)13)11-14-12(16(2)15-11)19-6-9(17)18/h3-5H,6H2,1-2H3,(H,17,18). The van der Waals surface area contributed by atoms with E-state index in [0.29, 0.717) is 11.0 Å². The third-order valence-electron chi connectivity index (χ3n) is 2.48. The molecule has 1 aromatic carbocycles. The quantitative estimate of drug-likeness (QED) is 0.643. The van der Waals surface area contributed by atoms with E-state index in [2.05, 4.69) is 32.7 Å². The van der Waals surface area contributed by atoms with Gasteiger partial charge < -0.3 is 5.11 Å². The van der Waals surface area contributed by atoms with Crippen LogP contribution in [0, 0.1) is 10.5 Å². The summed E-state index contributed by atoms with van der Waals surface area (Å²) < 4.78 is 2.72. The second-order valence-corrected chi connectivity index (χ2v) is 5.98. The van der Waals surface area contributed by atoms with Crippen LogP contribution >= 0.6 is 34.4 Å². The number of thioether (sulfide) groups is 1. The van der Waals surface area contributed by atoms with Crippen LogP contribution in [0.5, 0.6) is 0 Å². The van der Waals surface area contributed by atoms with Crippen LogP contribution < -0.4 is 0 Å². The molecule has 7 heteroatoms. The number of benzene rings is 1. The molecule has 19 heavy (non-hydrogen) atoms. The fraction of sp³-hybridized carbons (Fsp3) is 0.250. The minimum Gasteiger partial charge on any atom is -0.481 e. The molecule has 0 amide bonds. The Labute approximate surface area is 128 Å². The molecular formula is C12H12IN3O2S. The van der Waals surface area contributed by atoms with Crippen LogP contribution in [0.2, 0.25) is 0 Å². The minimum atomic E-state index is -0.861. The predicted octanol–water partition coefficient (Wildman–Crippen LogP) is 2.57. The molecule has 100 valence electrons. The van der Waals surface area contributed by atoms with Gasteiger partial charge >= 0.3 is 5.97 Å². The minimum absolute atomic E-state index is 0.0170. The van der Waals surface area contributed by atoms with E-state index in [0.717, 1.165) is 9.13 Å². The molecule has 1 N–H and O–H groups in total. The zero-order valence-corrected chi connectivity index (χ0v) is 13.4. The van der Waals surface area contributed by atoms with E-state index < -0.39 is 5.97 Å². The number of carboxylic acid groups (broad SMARTS) is 1. The normalized spacial score (nSPS) is 10.7. The third-order valence-corrected chi connectivity index (χ3v) is 4.92. The van der Waals surface area contributed by atoms with Gasteiger partial charge in [-0.15, -0.1) is 0 Å². The van der Waals surface area contributed by atoms with Crippen LogP contribution in [-0.4, -0.2) is 31.6 Å². The highest BCUT2D eigenvalue weighted by atomic mass is 127. The third kappa shape index (κ3) is 3.27. The number of carboxylic acids is 1. The van der Waals surface area contributed by atoms with Gasteiger partial charge in [-0.3, -0.25) is 4.79 Å². The largest absolute Gasteiger partial charge is 0.481 e. The van der Waals surface area contributed by atoms with Gasteiger partial charge in [-0.05, 0) is 35.1 Å². The zero-order chi connectivity index (χ0) is 14.0. The Kier molecular flexibility index (Phi) is 4.46. The van der Waals surface area contributed by atoms with Crippen molar-refractivity contribution in [3.63, 3.8) is 0 Å². The molecule has 2 rings (SSSR count). The van der Waals surface area contributed by atoms with Crippen LogP contribution in [0.4, 0.5) is 0 Å². The molecule has 0 radical (unpaired) electrons. The van der Waals surface area contributed by atoms with E-state index in [1.165, 1.54) is 17.3 Å².